The van der Waals surface area contributed by atoms with Crippen molar-refractivity contribution in [2.45, 2.75) is 25.4 Å². The van der Waals surface area contributed by atoms with E-state index in [1.807, 2.05) is 65.8 Å². The maximum absolute atomic E-state index is 4.46. The van der Waals surface area contributed by atoms with E-state index in [1.165, 1.54) is 30.8 Å². The minimum absolute atomic E-state index is 0. The molecule has 1 saturated heterocycles. The zero-order valence-electron chi connectivity index (χ0n) is 17.2. The van der Waals surface area contributed by atoms with Crippen molar-refractivity contribution in [3.05, 3.63) is 70.7 Å². The van der Waals surface area contributed by atoms with Crippen molar-refractivity contribution in [2.75, 3.05) is 26.7 Å². The van der Waals surface area contributed by atoms with Crippen LogP contribution < -0.4 is 10.6 Å². The molecule has 30 heavy (non-hydrogen) atoms. The van der Waals surface area contributed by atoms with E-state index in [2.05, 4.69) is 43.1 Å². The number of guanidine groups is 1. The monoisotopic (exact) mass is 536 g/mol. The summed E-state index contributed by atoms with van der Waals surface area (Å²) in [5.41, 5.74) is 2.18. The molecule has 3 heterocycles. The van der Waals surface area contributed by atoms with E-state index in [-0.39, 0.29) is 24.0 Å². The predicted octanol–water partition coefficient (Wildman–Crippen LogP) is 4.05. The Morgan fingerprint density at radius 3 is 2.63 bits per heavy atom. The van der Waals surface area contributed by atoms with Gasteiger partial charge in [-0.1, -0.05) is 24.3 Å². The SMILES string of the molecule is CN=C(NCc1cnn(-c2ccccc2)c1)NCC(c1cccs1)N1CCCC1.I. The molecule has 1 fully saturated rings. The van der Waals surface area contributed by atoms with E-state index >= 15 is 0 Å². The molecule has 1 aliphatic heterocycles. The smallest absolute Gasteiger partial charge is 0.191 e. The summed E-state index contributed by atoms with van der Waals surface area (Å²) in [5, 5.41) is 13.6. The van der Waals surface area contributed by atoms with Gasteiger partial charge in [-0.2, -0.15) is 5.10 Å². The van der Waals surface area contributed by atoms with Gasteiger partial charge >= 0.3 is 0 Å². The second kappa shape index (κ2) is 11.5. The van der Waals surface area contributed by atoms with Gasteiger partial charge in [0, 0.05) is 36.8 Å². The summed E-state index contributed by atoms with van der Waals surface area (Å²) in [6.45, 7) is 3.88. The normalized spacial score (nSPS) is 15.6. The number of aromatic nitrogens is 2. The summed E-state index contributed by atoms with van der Waals surface area (Å²) in [4.78, 5) is 8.40. The van der Waals surface area contributed by atoms with Gasteiger partial charge in [0.25, 0.3) is 0 Å². The Morgan fingerprint density at radius 2 is 1.93 bits per heavy atom. The van der Waals surface area contributed by atoms with E-state index in [4.69, 9.17) is 0 Å². The van der Waals surface area contributed by atoms with Gasteiger partial charge in [0.2, 0.25) is 0 Å². The molecule has 2 aromatic heterocycles. The van der Waals surface area contributed by atoms with Crippen LogP contribution in [0.2, 0.25) is 0 Å². The fourth-order valence-corrected chi connectivity index (χ4v) is 4.58. The molecule has 0 saturated carbocycles. The minimum atomic E-state index is 0. The Kier molecular flexibility index (Phi) is 8.71. The molecule has 0 aliphatic carbocycles. The molecule has 1 aromatic carbocycles. The third-order valence-electron chi connectivity index (χ3n) is 5.26. The minimum Gasteiger partial charge on any atom is -0.354 e. The molecule has 1 unspecified atom stereocenters. The Hall–Kier alpha value is -1.91. The van der Waals surface area contributed by atoms with Crippen LogP contribution in [0.25, 0.3) is 5.69 Å². The first-order valence-electron chi connectivity index (χ1n) is 10.1. The lowest BCUT2D eigenvalue weighted by Crippen LogP contribution is -2.42. The summed E-state index contributed by atoms with van der Waals surface area (Å²) >= 11 is 1.84. The zero-order chi connectivity index (χ0) is 19.9. The summed E-state index contributed by atoms with van der Waals surface area (Å²) in [5.74, 6) is 0.818. The van der Waals surface area contributed by atoms with Gasteiger partial charge in [-0.15, -0.1) is 35.3 Å². The summed E-state index contributed by atoms with van der Waals surface area (Å²) in [6.07, 6.45) is 6.53. The van der Waals surface area contributed by atoms with Gasteiger partial charge in [0.1, 0.15) is 0 Å². The predicted molar refractivity (Wildman–Crippen MR) is 135 cm³/mol. The Morgan fingerprint density at radius 1 is 1.13 bits per heavy atom. The fraction of sp³-hybridized carbons (Fsp3) is 0.364. The van der Waals surface area contributed by atoms with Crippen LogP contribution in [0.4, 0.5) is 0 Å². The van der Waals surface area contributed by atoms with E-state index < -0.39 is 0 Å². The molecule has 0 amide bonds. The molecule has 160 valence electrons. The number of nitrogens with zero attached hydrogens (tertiary/aromatic N) is 4. The van der Waals surface area contributed by atoms with Crippen LogP contribution in [-0.4, -0.2) is 47.3 Å². The van der Waals surface area contributed by atoms with E-state index in [0.29, 0.717) is 12.6 Å². The summed E-state index contributed by atoms with van der Waals surface area (Å²) in [7, 11) is 1.82. The first-order chi connectivity index (χ1) is 14.3. The van der Waals surface area contributed by atoms with Crippen molar-refractivity contribution in [3.8, 4) is 5.69 Å². The summed E-state index contributed by atoms with van der Waals surface area (Å²) in [6, 6.07) is 14.9. The highest BCUT2D eigenvalue weighted by Gasteiger charge is 2.24. The van der Waals surface area contributed by atoms with E-state index in [0.717, 1.165) is 23.8 Å². The second-order valence-corrected chi connectivity index (χ2v) is 8.19. The molecule has 0 radical (unpaired) electrons. The Labute approximate surface area is 199 Å². The summed E-state index contributed by atoms with van der Waals surface area (Å²) < 4.78 is 1.90. The van der Waals surface area contributed by atoms with Crippen LogP contribution in [0.5, 0.6) is 0 Å². The topological polar surface area (TPSA) is 57.5 Å². The number of para-hydroxylation sites is 1. The number of rotatable bonds is 7. The van der Waals surface area contributed by atoms with Gasteiger partial charge in [0.05, 0.1) is 17.9 Å². The van der Waals surface area contributed by atoms with Crippen LogP contribution in [-0.2, 0) is 6.54 Å². The van der Waals surface area contributed by atoms with Crippen LogP contribution in [0.3, 0.4) is 0 Å². The highest BCUT2D eigenvalue weighted by atomic mass is 127. The number of likely N-dealkylation sites (tertiary alicyclic amines) is 1. The molecular weight excluding hydrogens is 507 g/mol. The lowest BCUT2D eigenvalue weighted by atomic mass is 10.2. The molecule has 0 bridgehead atoms. The molecule has 6 nitrogen and oxygen atoms in total. The molecular formula is C22H29IN6S. The van der Waals surface area contributed by atoms with Gasteiger partial charge in [0.15, 0.2) is 5.96 Å². The third-order valence-corrected chi connectivity index (χ3v) is 6.23. The number of halogens is 1. The number of thiophene rings is 1. The largest absolute Gasteiger partial charge is 0.354 e. The van der Waals surface area contributed by atoms with Crippen LogP contribution in [0.15, 0.2) is 65.2 Å². The maximum Gasteiger partial charge on any atom is 0.191 e. The van der Waals surface area contributed by atoms with Crippen molar-refractivity contribution in [1.29, 1.82) is 0 Å². The maximum atomic E-state index is 4.46. The average Bonchev–Trinajstić information content (AvgIpc) is 3.54. The van der Waals surface area contributed by atoms with Crippen LogP contribution in [0.1, 0.15) is 29.3 Å². The molecule has 1 aliphatic rings. The number of aliphatic imine (C=N–C) groups is 1. The van der Waals surface area contributed by atoms with E-state index in [1.54, 1.807) is 0 Å². The first kappa shape index (κ1) is 22.8. The van der Waals surface area contributed by atoms with Gasteiger partial charge in [-0.3, -0.25) is 9.89 Å². The number of hydrogen-bond acceptors (Lipinski definition) is 4. The van der Waals surface area contributed by atoms with Gasteiger partial charge in [-0.05, 0) is 49.5 Å². The second-order valence-electron chi connectivity index (χ2n) is 7.21. The third kappa shape index (κ3) is 5.83. The van der Waals surface area contributed by atoms with E-state index in [9.17, 15) is 0 Å². The lowest BCUT2D eigenvalue weighted by molar-refractivity contribution is 0.249. The van der Waals surface area contributed by atoms with Crippen LogP contribution >= 0.6 is 35.3 Å². The highest BCUT2D eigenvalue weighted by molar-refractivity contribution is 14.0. The van der Waals surface area contributed by atoms with Crippen molar-refractivity contribution in [2.24, 2.45) is 4.99 Å². The Bertz CT molecular complexity index is 903. The van der Waals surface area contributed by atoms with Gasteiger partial charge < -0.3 is 10.6 Å². The van der Waals surface area contributed by atoms with Crippen molar-refractivity contribution in [3.63, 3.8) is 0 Å². The molecule has 8 heteroatoms. The lowest BCUT2D eigenvalue weighted by Gasteiger charge is -2.27. The first-order valence-corrected chi connectivity index (χ1v) is 11.0. The zero-order valence-corrected chi connectivity index (χ0v) is 20.3. The molecule has 3 aromatic rings. The van der Waals surface area contributed by atoms with Crippen molar-refractivity contribution in [1.82, 2.24) is 25.3 Å². The quantitative estimate of drug-likeness (QED) is 0.272. The molecule has 0 spiro atoms. The fourth-order valence-electron chi connectivity index (χ4n) is 3.72. The van der Waals surface area contributed by atoms with Crippen molar-refractivity contribution < 1.29 is 0 Å². The number of benzene rings is 1. The Balaban J connectivity index is 0.00000256. The number of nitrogens with one attached hydrogen (secondary N) is 2. The molecule has 4 rings (SSSR count). The highest BCUT2D eigenvalue weighted by Crippen LogP contribution is 2.27. The van der Waals surface area contributed by atoms with Crippen LogP contribution in [0, 0.1) is 0 Å². The standard InChI is InChI=1S/C22H28N6S.HI/c1-23-22(24-14-18-15-26-28(17-18)19-8-3-2-4-9-19)25-16-20(21-10-7-13-29-21)27-11-5-6-12-27;/h2-4,7-10,13,15,17,20H,5-6,11-12,14,16H2,1H3,(H2,23,24,25);1H. The number of hydrogen-bond donors (Lipinski definition) is 2. The van der Waals surface area contributed by atoms with Gasteiger partial charge in [-0.25, -0.2) is 4.68 Å². The molecule has 2 N–H and O–H groups in total. The average molecular weight is 536 g/mol. The van der Waals surface area contributed by atoms with Crippen molar-refractivity contribution >= 4 is 41.3 Å². The molecule has 1 atom stereocenters.